The predicted molar refractivity (Wildman–Crippen MR) is 139 cm³/mol. The first-order valence-electron chi connectivity index (χ1n) is 11.7. The minimum Gasteiger partial charge on any atom is -0.481 e. The van der Waals surface area contributed by atoms with Crippen LogP contribution in [0.2, 0.25) is 0 Å². The van der Waals surface area contributed by atoms with Gasteiger partial charge in [0.05, 0.1) is 6.04 Å². The number of carbonyl (C=O) groups excluding carboxylic acids is 3. The first kappa shape index (κ1) is 29.6. The Balaban J connectivity index is 2.25. The maximum Gasteiger partial charge on any atom is 0.326 e. The van der Waals surface area contributed by atoms with E-state index in [4.69, 9.17) is 10.8 Å². The van der Waals surface area contributed by atoms with Crippen molar-refractivity contribution in [1.82, 2.24) is 20.9 Å². The van der Waals surface area contributed by atoms with Crippen LogP contribution in [-0.4, -0.2) is 74.8 Å². The van der Waals surface area contributed by atoms with E-state index in [-0.39, 0.29) is 18.6 Å². The van der Waals surface area contributed by atoms with Crippen LogP contribution >= 0.6 is 12.6 Å². The van der Waals surface area contributed by atoms with Crippen LogP contribution < -0.4 is 21.7 Å². The number of hydrogen-bond acceptors (Lipinski definition) is 7. The van der Waals surface area contributed by atoms with E-state index in [1.54, 1.807) is 20.0 Å². The molecule has 0 aliphatic carbocycles. The Morgan fingerprint density at radius 1 is 0.973 bits per heavy atom. The molecule has 0 saturated carbocycles. The summed E-state index contributed by atoms with van der Waals surface area (Å²) in [7, 11) is 0. The van der Waals surface area contributed by atoms with Gasteiger partial charge in [0, 0.05) is 35.7 Å². The first-order chi connectivity index (χ1) is 17.4. The summed E-state index contributed by atoms with van der Waals surface area (Å²) in [6.45, 7) is 3.31. The summed E-state index contributed by atoms with van der Waals surface area (Å²) in [4.78, 5) is 64.2. The highest BCUT2D eigenvalue weighted by Gasteiger charge is 2.32. The van der Waals surface area contributed by atoms with Gasteiger partial charge in [-0.3, -0.25) is 19.2 Å². The number of aromatic amines is 1. The van der Waals surface area contributed by atoms with Crippen molar-refractivity contribution in [1.29, 1.82) is 0 Å². The molecule has 12 nitrogen and oxygen atoms in total. The standard InChI is InChI=1S/C24H33N5O7S/c1-12(2)20(23(34)27-17(24(35)36)7-8-19(30)31)29-22(33)18(28-21(32)15(25)11-37)9-13-10-26-16-6-4-3-5-14(13)16/h3-6,10,12,15,17-18,20,26,37H,7-9,11,25H2,1-2H3,(H,27,34)(H,28,32)(H,29,33)(H,30,31)(H,35,36). The zero-order valence-corrected chi connectivity index (χ0v) is 21.5. The number of carboxylic acid groups (broad SMARTS) is 2. The lowest BCUT2D eigenvalue weighted by Crippen LogP contribution is -2.59. The predicted octanol–water partition coefficient (Wildman–Crippen LogP) is 0.0273. The van der Waals surface area contributed by atoms with Crippen molar-refractivity contribution >= 4 is 53.2 Å². The summed E-state index contributed by atoms with van der Waals surface area (Å²) in [6.07, 6.45) is 1.03. The van der Waals surface area contributed by atoms with Crippen molar-refractivity contribution < 1.29 is 34.2 Å². The minimum atomic E-state index is -1.45. The third-order valence-corrected chi connectivity index (χ3v) is 6.17. The molecule has 0 spiro atoms. The first-order valence-corrected chi connectivity index (χ1v) is 12.3. The van der Waals surface area contributed by atoms with Crippen molar-refractivity contribution in [3.63, 3.8) is 0 Å². The third-order valence-electron chi connectivity index (χ3n) is 5.77. The van der Waals surface area contributed by atoms with Crippen molar-refractivity contribution in [3.8, 4) is 0 Å². The zero-order chi connectivity index (χ0) is 27.7. The van der Waals surface area contributed by atoms with Gasteiger partial charge in [-0.2, -0.15) is 12.6 Å². The third kappa shape index (κ3) is 8.50. The second-order valence-corrected chi connectivity index (χ2v) is 9.34. The molecule has 0 aliphatic rings. The Labute approximate surface area is 219 Å². The molecular weight excluding hydrogens is 502 g/mol. The van der Waals surface area contributed by atoms with E-state index >= 15 is 0 Å². The number of para-hydroxylation sites is 1. The van der Waals surface area contributed by atoms with Gasteiger partial charge in [-0.05, 0) is 24.0 Å². The molecule has 2 aromatic rings. The van der Waals surface area contributed by atoms with Gasteiger partial charge in [0.2, 0.25) is 17.7 Å². The average Bonchev–Trinajstić information content (AvgIpc) is 3.25. The molecule has 13 heteroatoms. The van der Waals surface area contributed by atoms with Crippen molar-refractivity contribution in [2.75, 3.05) is 5.75 Å². The molecule has 2 rings (SSSR count). The van der Waals surface area contributed by atoms with Crippen LogP contribution in [0.4, 0.5) is 0 Å². The second kappa shape index (κ2) is 13.7. The monoisotopic (exact) mass is 535 g/mol. The van der Waals surface area contributed by atoms with E-state index in [9.17, 15) is 29.1 Å². The molecular formula is C24H33N5O7S. The van der Waals surface area contributed by atoms with E-state index in [0.717, 1.165) is 16.5 Å². The number of hydrogen-bond donors (Lipinski definition) is 8. The summed E-state index contributed by atoms with van der Waals surface area (Å²) in [5.74, 6) is -5.06. The Kier molecular flexibility index (Phi) is 10.9. The lowest BCUT2D eigenvalue weighted by molar-refractivity contribution is -0.143. The Morgan fingerprint density at radius 2 is 1.62 bits per heavy atom. The van der Waals surface area contributed by atoms with Crippen LogP contribution in [0.25, 0.3) is 10.9 Å². The second-order valence-electron chi connectivity index (χ2n) is 8.98. The van der Waals surface area contributed by atoms with Gasteiger partial charge in [0.1, 0.15) is 18.1 Å². The summed E-state index contributed by atoms with van der Waals surface area (Å²) >= 11 is 4.02. The summed E-state index contributed by atoms with van der Waals surface area (Å²) < 4.78 is 0. The molecule has 0 bridgehead atoms. The Bertz CT molecular complexity index is 1140. The fourth-order valence-corrected chi connectivity index (χ4v) is 3.83. The molecule has 8 N–H and O–H groups in total. The molecule has 3 amide bonds. The lowest BCUT2D eigenvalue weighted by atomic mass is 10.00. The molecule has 4 atom stereocenters. The van der Waals surface area contributed by atoms with Crippen molar-refractivity contribution in [3.05, 3.63) is 36.0 Å². The molecule has 37 heavy (non-hydrogen) atoms. The topological polar surface area (TPSA) is 204 Å². The molecule has 1 aromatic carbocycles. The number of nitrogens with one attached hydrogen (secondary N) is 4. The number of rotatable bonds is 14. The summed E-state index contributed by atoms with van der Waals surface area (Å²) in [5, 5.41) is 26.6. The lowest BCUT2D eigenvalue weighted by Gasteiger charge is -2.27. The molecule has 0 radical (unpaired) electrons. The van der Waals surface area contributed by atoms with E-state index in [0.29, 0.717) is 0 Å². The SMILES string of the molecule is CC(C)C(NC(=O)C(Cc1c[nH]c2ccccc12)NC(=O)C(N)CS)C(=O)NC(CCC(=O)O)C(=O)O. The minimum absolute atomic E-state index is 0.0528. The maximum absolute atomic E-state index is 13.3. The van der Waals surface area contributed by atoms with Gasteiger partial charge < -0.3 is 36.9 Å². The van der Waals surface area contributed by atoms with Crippen LogP contribution in [0.15, 0.2) is 30.5 Å². The fraction of sp³-hybridized carbons (Fsp3) is 0.458. The number of carbonyl (C=O) groups is 5. The average molecular weight is 536 g/mol. The number of aromatic nitrogens is 1. The van der Waals surface area contributed by atoms with Gasteiger partial charge in [0.15, 0.2) is 0 Å². The van der Waals surface area contributed by atoms with Gasteiger partial charge >= 0.3 is 11.9 Å². The molecule has 0 saturated heterocycles. The number of amides is 3. The van der Waals surface area contributed by atoms with Gasteiger partial charge in [-0.25, -0.2) is 4.79 Å². The van der Waals surface area contributed by atoms with Crippen LogP contribution in [0.1, 0.15) is 32.3 Å². The highest BCUT2D eigenvalue weighted by molar-refractivity contribution is 7.80. The summed E-state index contributed by atoms with van der Waals surface area (Å²) in [6, 6.07) is 2.76. The fourth-order valence-electron chi connectivity index (χ4n) is 3.67. The van der Waals surface area contributed by atoms with E-state index < -0.39 is 66.2 Å². The highest BCUT2D eigenvalue weighted by atomic mass is 32.1. The van der Waals surface area contributed by atoms with Crippen molar-refractivity contribution in [2.24, 2.45) is 11.7 Å². The van der Waals surface area contributed by atoms with Crippen LogP contribution in [0.3, 0.4) is 0 Å². The number of fused-ring (bicyclic) bond motifs is 1. The van der Waals surface area contributed by atoms with Gasteiger partial charge in [-0.1, -0.05) is 32.0 Å². The van der Waals surface area contributed by atoms with E-state index in [1.807, 2.05) is 24.3 Å². The normalized spacial score (nSPS) is 14.4. The number of thiol groups is 1. The molecule has 1 heterocycles. The molecule has 1 aromatic heterocycles. The number of carboxylic acids is 2. The quantitative estimate of drug-likeness (QED) is 0.155. The van der Waals surface area contributed by atoms with E-state index in [1.165, 1.54) is 0 Å². The summed E-state index contributed by atoms with van der Waals surface area (Å²) in [5.41, 5.74) is 7.37. The van der Waals surface area contributed by atoms with Gasteiger partial charge in [-0.15, -0.1) is 0 Å². The molecule has 202 valence electrons. The smallest absolute Gasteiger partial charge is 0.326 e. The Hall–Kier alpha value is -3.58. The number of benzene rings is 1. The number of aliphatic carboxylic acids is 2. The maximum atomic E-state index is 13.3. The van der Waals surface area contributed by atoms with Gasteiger partial charge in [0.25, 0.3) is 0 Å². The Morgan fingerprint density at radius 3 is 2.22 bits per heavy atom. The molecule has 4 unspecified atom stereocenters. The zero-order valence-electron chi connectivity index (χ0n) is 20.6. The number of nitrogens with two attached hydrogens (primary N) is 1. The van der Waals surface area contributed by atoms with E-state index in [2.05, 4.69) is 33.6 Å². The molecule has 0 fully saturated rings. The molecule has 0 aliphatic heterocycles. The van der Waals surface area contributed by atoms with Crippen LogP contribution in [-0.2, 0) is 30.4 Å². The van der Waals surface area contributed by atoms with Crippen LogP contribution in [0, 0.1) is 5.92 Å². The highest BCUT2D eigenvalue weighted by Crippen LogP contribution is 2.19. The van der Waals surface area contributed by atoms with Crippen molar-refractivity contribution in [2.45, 2.75) is 57.3 Å². The van der Waals surface area contributed by atoms with Crippen LogP contribution in [0.5, 0.6) is 0 Å². The number of H-pyrrole nitrogens is 1. The largest absolute Gasteiger partial charge is 0.481 e.